The monoisotopic (exact) mass is 343 g/mol. The molecule has 0 spiro atoms. The van der Waals surface area contributed by atoms with E-state index in [2.05, 4.69) is 56.8 Å². The molecule has 1 aliphatic carbocycles. The number of pyridine rings is 2. The summed E-state index contributed by atoms with van der Waals surface area (Å²) in [6.07, 6.45) is 9.06. The second kappa shape index (κ2) is 6.09. The fraction of sp³-hybridized carbons (Fsp3) is 0.286. The highest BCUT2D eigenvalue weighted by molar-refractivity contribution is 5.93. The van der Waals surface area contributed by atoms with E-state index in [1.54, 1.807) is 6.20 Å². The molecule has 4 aromatic rings. The van der Waals surface area contributed by atoms with Crippen LogP contribution in [0.2, 0.25) is 0 Å². The van der Waals surface area contributed by atoms with Crippen molar-refractivity contribution in [1.82, 2.24) is 20.2 Å². The molecule has 2 N–H and O–H groups in total. The van der Waals surface area contributed by atoms with Gasteiger partial charge in [-0.2, -0.15) is 5.10 Å². The van der Waals surface area contributed by atoms with E-state index in [1.165, 1.54) is 42.0 Å². The van der Waals surface area contributed by atoms with E-state index in [4.69, 9.17) is 0 Å². The third-order valence-corrected chi connectivity index (χ3v) is 5.50. The molecule has 3 heterocycles. The summed E-state index contributed by atoms with van der Waals surface area (Å²) in [4.78, 5) is 9.08. The number of hydrogen-bond donors (Lipinski definition) is 2. The highest BCUT2D eigenvalue weighted by Crippen LogP contribution is 2.38. The van der Waals surface area contributed by atoms with Gasteiger partial charge < -0.3 is 5.32 Å². The van der Waals surface area contributed by atoms with E-state index in [0.29, 0.717) is 5.92 Å². The van der Waals surface area contributed by atoms with Crippen LogP contribution in [0.3, 0.4) is 0 Å². The number of aryl methyl sites for hydroxylation is 1. The summed E-state index contributed by atoms with van der Waals surface area (Å²) in [7, 11) is 0. The Bertz CT molecular complexity index is 1090. The van der Waals surface area contributed by atoms with Crippen LogP contribution in [0, 0.1) is 6.92 Å². The van der Waals surface area contributed by atoms with Gasteiger partial charge in [-0.3, -0.25) is 15.1 Å². The minimum Gasteiger partial charge on any atom is -0.337 e. The molecule has 130 valence electrons. The maximum Gasteiger partial charge on any atom is 0.178 e. The minimum atomic E-state index is 0.633. The van der Waals surface area contributed by atoms with E-state index in [-0.39, 0.29) is 0 Å². The second-order valence-corrected chi connectivity index (χ2v) is 7.14. The van der Waals surface area contributed by atoms with Crippen LogP contribution < -0.4 is 5.32 Å². The number of H-pyrrole nitrogens is 1. The van der Waals surface area contributed by atoms with Crippen molar-refractivity contribution in [3.63, 3.8) is 0 Å². The van der Waals surface area contributed by atoms with Crippen molar-refractivity contribution in [2.45, 2.75) is 38.5 Å². The van der Waals surface area contributed by atoms with Crippen LogP contribution in [0.15, 0.2) is 42.7 Å². The lowest BCUT2D eigenvalue weighted by molar-refractivity contribution is 0.725. The molecule has 1 aliphatic rings. The van der Waals surface area contributed by atoms with Crippen LogP contribution in [0.4, 0.5) is 11.5 Å². The van der Waals surface area contributed by atoms with Crippen LogP contribution in [-0.2, 0) is 0 Å². The van der Waals surface area contributed by atoms with Crippen LogP contribution >= 0.6 is 0 Å². The lowest BCUT2D eigenvalue weighted by atomic mass is 9.93. The Kier molecular flexibility index (Phi) is 3.59. The third kappa shape index (κ3) is 2.51. The molecular formula is C21H21N5. The molecule has 1 aromatic carbocycles. The molecular weight excluding hydrogens is 322 g/mol. The van der Waals surface area contributed by atoms with Crippen molar-refractivity contribution in [1.29, 1.82) is 0 Å². The van der Waals surface area contributed by atoms with Gasteiger partial charge in [0.2, 0.25) is 0 Å². The highest BCUT2D eigenvalue weighted by atomic mass is 15.2. The predicted octanol–water partition coefficient (Wildman–Crippen LogP) is 5.22. The first-order valence-corrected chi connectivity index (χ1v) is 9.25. The number of aromatic amines is 1. The van der Waals surface area contributed by atoms with Gasteiger partial charge in [0.05, 0.1) is 5.52 Å². The summed E-state index contributed by atoms with van der Waals surface area (Å²) in [5, 5.41) is 13.4. The first-order valence-electron chi connectivity index (χ1n) is 9.25. The van der Waals surface area contributed by atoms with Crippen molar-refractivity contribution in [2.24, 2.45) is 0 Å². The summed E-state index contributed by atoms with van der Waals surface area (Å²) in [6, 6.07) is 10.4. The van der Waals surface area contributed by atoms with Crippen molar-refractivity contribution >= 4 is 33.3 Å². The van der Waals surface area contributed by atoms with Gasteiger partial charge >= 0.3 is 0 Å². The summed E-state index contributed by atoms with van der Waals surface area (Å²) in [5.74, 6) is 1.39. The van der Waals surface area contributed by atoms with Gasteiger partial charge in [-0.25, -0.2) is 0 Å². The number of fused-ring (bicyclic) bond motifs is 2. The van der Waals surface area contributed by atoms with Gasteiger partial charge in [-0.15, -0.1) is 0 Å². The minimum absolute atomic E-state index is 0.633. The molecule has 0 amide bonds. The van der Waals surface area contributed by atoms with Crippen LogP contribution in [0.25, 0.3) is 21.8 Å². The molecule has 1 saturated carbocycles. The zero-order valence-electron chi connectivity index (χ0n) is 14.8. The van der Waals surface area contributed by atoms with E-state index >= 15 is 0 Å². The molecule has 3 aromatic heterocycles. The van der Waals surface area contributed by atoms with Crippen molar-refractivity contribution < 1.29 is 0 Å². The van der Waals surface area contributed by atoms with Crippen LogP contribution in [-0.4, -0.2) is 20.2 Å². The summed E-state index contributed by atoms with van der Waals surface area (Å²) in [6.45, 7) is 2.08. The molecule has 5 rings (SSSR count). The summed E-state index contributed by atoms with van der Waals surface area (Å²) < 4.78 is 0. The SMILES string of the molecule is Cc1ncc(C2CCCC2)c2cc(Nc3n[nH]c4cccnc34)ccc12. The maximum absolute atomic E-state index is 4.65. The smallest absolute Gasteiger partial charge is 0.178 e. The van der Waals surface area contributed by atoms with E-state index in [0.717, 1.165) is 28.2 Å². The Balaban J connectivity index is 1.59. The summed E-state index contributed by atoms with van der Waals surface area (Å²) >= 11 is 0. The fourth-order valence-electron chi connectivity index (χ4n) is 4.12. The Morgan fingerprint density at radius 1 is 1.08 bits per heavy atom. The van der Waals surface area contributed by atoms with Gasteiger partial charge in [-0.05, 0) is 60.9 Å². The number of nitrogens with zero attached hydrogens (tertiary/aromatic N) is 3. The molecule has 26 heavy (non-hydrogen) atoms. The Hall–Kier alpha value is -2.95. The standard InChI is InChI=1S/C21H21N5/c1-13-16-9-8-15(24-21-20-19(25-26-21)7-4-10-22-20)11-17(16)18(12-23-13)14-5-2-3-6-14/h4,7-12,14H,2-3,5-6H2,1H3,(H2,24,25,26). The molecule has 0 aliphatic heterocycles. The third-order valence-electron chi connectivity index (χ3n) is 5.50. The second-order valence-electron chi connectivity index (χ2n) is 7.14. The molecule has 5 nitrogen and oxygen atoms in total. The first-order chi connectivity index (χ1) is 12.8. The van der Waals surface area contributed by atoms with Gasteiger partial charge in [0, 0.05) is 29.2 Å². The zero-order chi connectivity index (χ0) is 17.5. The predicted molar refractivity (Wildman–Crippen MR) is 105 cm³/mol. The molecule has 1 fully saturated rings. The molecule has 0 radical (unpaired) electrons. The van der Waals surface area contributed by atoms with Gasteiger partial charge in [-0.1, -0.05) is 18.9 Å². The lowest BCUT2D eigenvalue weighted by Crippen LogP contribution is -1.99. The van der Waals surface area contributed by atoms with E-state index in [1.807, 2.05) is 12.1 Å². The maximum atomic E-state index is 4.65. The van der Waals surface area contributed by atoms with Gasteiger partial charge in [0.25, 0.3) is 0 Å². The van der Waals surface area contributed by atoms with Gasteiger partial charge in [0.15, 0.2) is 5.82 Å². The number of anilines is 2. The van der Waals surface area contributed by atoms with E-state index in [9.17, 15) is 0 Å². The quantitative estimate of drug-likeness (QED) is 0.535. The average Bonchev–Trinajstić information content (AvgIpc) is 3.33. The molecule has 0 unspecified atom stereocenters. The van der Waals surface area contributed by atoms with Crippen molar-refractivity contribution in [2.75, 3.05) is 5.32 Å². The number of benzene rings is 1. The highest BCUT2D eigenvalue weighted by Gasteiger charge is 2.20. The van der Waals surface area contributed by atoms with Gasteiger partial charge in [0.1, 0.15) is 5.52 Å². The normalized spacial score (nSPS) is 15.1. The average molecular weight is 343 g/mol. The number of rotatable bonds is 3. The van der Waals surface area contributed by atoms with Crippen LogP contribution in [0.5, 0.6) is 0 Å². The zero-order valence-corrected chi connectivity index (χ0v) is 14.8. The number of nitrogens with one attached hydrogen (secondary N) is 2. The van der Waals surface area contributed by atoms with E-state index < -0.39 is 0 Å². The molecule has 0 saturated heterocycles. The lowest BCUT2D eigenvalue weighted by Gasteiger charge is -2.15. The topological polar surface area (TPSA) is 66.5 Å². The Labute approximate surface area is 151 Å². The van der Waals surface area contributed by atoms with Crippen LogP contribution in [0.1, 0.15) is 42.9 Å². The summed E-state index contributed by atoms with van der Waals surface area (Å²) in [5.41, 5.74) is 5.29. The van der Waals surface area contributed by atoms with Crippen molar-refractivity contribution in [3.05, 3.63) is 54.0 Å². The number of aromatic nitrogens is 4. The molecule has 0 atom stereocenters. The Morgan fingerprint density at radius 3 is 2.85 bits per heavy atom. The Morgan fingerprint density at radius 2 is 1.96 bits per heavy atom. The fourth-order valence-corrected chi connectivity index (χ4v) is 4.12. The first kappa shape index (κ1) is 15.3. The number of hydrogen-bond acceptors (Lipinski definition) is 4. The molecule has 5 heteroatoms. The largest absolute Gasteiger partial charge is 0.337 e. The van der Waals surface area contributed by atoms with Crippen molar-refractivity contribution in [3.8, 4) is 0 Å². The molecule has 0 bridgehead atoms.